The summed E-state index contributed by atoms with van der Waals surface area (Å²) in [5.41, 5.74) is 1.67. The van der Waals surface area contributed by atoms with Crippen LogP contribution >= 0.6 is 0 Å². The second-order valence-corrected chi connectivity index (χ2v) is 11.4. The van der Waals surface area contributed by atoms with Crippen LogP contribution in [0.3, 0.4) is 0 Å². The van der Waals surface area contributed by atoms with E-state index in [0.717, 1.165) is 21.9 Å². The van der Waals surface area contributed by atoms with Crippen LogP contribution in [0.25, 0.3) is 21.9 Å². The molecule has 3 aromatic carbocycles. The maximum Gasteiger partial charge on any atom is 0.408 e. The third-order valence-corrected chi connectivity index (χ3v) is 5.90. The summed E-state index contributed by atoms with van der Waals surface area (Å²) in [5, 5.41) is 4.38. The van der Waals surface area contributed by atoms with Gasteiger partial charge in [-0.3, -0.25) is 9.59 Å². The molecule has 3 rings (SSSR count). The Morgan fingerprint density at radius 3 is 1.89 bits per heavy atom. The van der Waals surface area contributed by atoms with Gasteiger partial charge in [0.05, 0.1) is 0 Å². The fourth-order valence-corrected chi connectivity index (χ4v) is 3.85. The number of carbonyl (C=O) groups excluding carboxylic acids is 4. The molecule has 0 radical (unpaired) electrons. The molecule has 7 heteroatoms. The number of amides is 1. The number of rotatable bonds is 7. The lowest BCUT2D eigenvalue weighted by molar-refractivity contribution is -0.147. The van der Waals surface area contributed by atoms with Gasteiger partial charge in [0.15, 0.2) is 18.2 Å². The van der Waals surface area contributed by atoms with Crippen LogP contribution in [0.4, 0.5) is 4.79 Å². The van der Waals surface area contributed by atoms with E-state index >= 15 is 0 Å². The normalized spacial score (nSPS) is 12.5. The first-order valence-corrected chi connectivity index (χ1v) is 12.5. The van der Waals surface area contributed by atoms with Crippen LogP contribution in [0.15, 0.2) is 60.7 Å². The molecule has 1 N–H and O–H groups in total. The molecule has 0 saturated heterocycles. The molecule has 0 saturated carbocycles. The standard InChI is InChI=1S/C31H35NO6/c1-19(33)20-8-10-21(11-9-20)22-12-13-24-17-25(15-14-23(24)16-22)26(34)18-37-28(35)27(30(2,3)4)32-29(36)38-31(5,6)7/h8-17,27H,18H2,1-7H3,(H,32,36)/t27-/m1/s1. The van der Waals surface area contributed by atoms with Crippen molar-refractivity contribution in [1.82, 2.24) is 5.32 Å². The Kier molecular flexibility index (Phi) is 8.40. The minimum Gasteiger partial charge on any atom is -0.456 e. The lowest BCUT2D eigenvalue weighted by Crippen LogP contribution is -2.51. The zero-order chi connectivity index (χ0) is 28.3. The molecular weight excluding hydrogens is 482 g/mol. The van der Waals surface area contributed by atoms with E-state index < -0.39 is 35.7 Å². The largest absolute Gasteiger partial charge is 0.456 e. The molecule has 0 aliphatic heterocycles. The summed E-state index contributed by atoms with van der Waals surface area (Å²) in [4.78, 5) is 49.4. The summed E-state index contributed by atoms with van der Waals surface area (Å²) in [7, 11) is 0. The summed E-state index contributed by atoms with van der Waals surface area (Å²) in [5.74, 6) is -1.04. The van der Waals surface area contributed by atoms with Crippen molar-refractivity contribution >= 4 is 34.4 Å². The molecular formula is C31H35NO6. The zero-order valence-electron chi connectivity index (χ0n) is 23.0. The van der Waals surface area contributed by atoms with Gasteiger partial charge in [0.25, 0.3) is 0 Å². The SMILES string of the molecule is CC(=O)c1ccc(-c2ccc3cc(C(=O)COC(=O)[C@@H](NC(=O)OC(C)(C)C)C(C)(C)C)ccc3c2)cc1. The number of hydrogen-bond acceptors (Lipinski definition) is 6. The van der Waals surface area contributed by atoms with Gasteiger partial charge in [-0.1, -0.05) is 69.3 Å². The topological polar surface area (TPSA) is 98.8 Å². The fourth-order valence-electron chi connectivity index (χ4n) is 3.85. The first kappa shape index (κ1) is 28.6. The van der Waals surface area contributed by atoms with Gasteiger partial charge in [0.2, 0.25) is 0 Å². The number of hydrogen-bond donors (Lipinski definition) is 1. The molecule has 0 aliphatic rings. The Morgan fingerprint density at radius 2 is 1.32 bits per heavy atom. The highest BCUT2D eigenvalue weighted by Gasteiger charge is 2.35. The lowest BCUT2D eigenvalue weighted by atomic mass is 9.87. The Balaban J connectivity index is 1.69. The summed E-state index contributed by atoms with van der Waals surface area (Å²) in [6.45, 7) is 11.6. The van der Waals surface area contributed by atoms with Crippen LogP contribution in [0.5, 0.6) is 0 Å². The van der Waals surface area contributed by atoms with Gasteiger partial charge in [-0.25, -0.2) is 9.59 Å². The van der Waals surface area contributed by atoms with E-state index in [1.54, 1.807) is 65.8 Å². The summed E-state index contributed by atoms with van der Waals surface area (Å²) in [6, 6.07) is 17.6. The number of carbonyl (C=O) groups is 4. The van der Waals surface area contributed by atoms with Gasteiger partial charge in [-0.15, -0.1) is 0 Å². The average Bonchev–Trinajstić information content (AvgIpc) is 2.83. The molecule has 200 valence electrons. The molecule has 0 bridgehead atoms. The van der Waals surface area contributed by atoms with Crippen molar-refractivity contribution < 1.29 is 28.7 Å². The lowest BCUT2D eigenvalue weighted by Gasteiger charge is -2.30. The predicted molar refractivity (Wildman–Crippen MR) is 147 cm³/mol. The van der Waals surface area contributed by atoms with Crippen LogP contribution in [-0.2, 0) is 14.3 Å². The van der Waals surface area contributed by atoms with Gasteiger partial charge >= 0.3 is 12.1 Å². The van der Waals surface area contributed by atoms with E-state index in [1.807, 2.05) is 36.4 Å². The first-order valence-electron chi connectivity index (χ1n) is 12.5. The predicted octanol–water partition coefficient (Wildman–Crippen LogP) is 6.37. The number of Topliss-reactive ketones (excluding diaryl/α,β-unsaturated/α-hetero) is 2. The van der Waals surface area contributed by atoms with Crippen LogP contribution in [0.2, 0.25) is 0 Å². The van der Waals surface area contributed by atoms with E-state index in [1.165, 1.54) is 6.92 Å². The first-order chi connectivity index (χ1) is 17.6. The molecule has 38 heavy (non-hydrogen) atoms. The van der Waals surface area contributed by atoms with E-state index in [4.69, 9.17) is 9.47 Å². The van der Waals surface area contributed by atoms with Crippen LogP contribution < -0.4 is 5.32 Å². The quantitative estimate of drug-likeness (QED) is 0.289. The minimum absolute atomic E-state index is 0.0196. The highest BCUT2D eigenvalue weighted by atomic mass is 16.6. The van der Waals surface area contributed by atoms with E-state index in [9.17, 15) is 19.2 Å². The molecule has 7 nitrogen and oxygen atoms in total. The van der Waals surface area contributed by atoms with Crippen LogP contribution in [0, 0.1) is 5.41 Å². The summed E-state index contributed by atoms with van der Waals surface area (Å²) >= 11 is 0. The van der Waals surface area contributed by atoms with Crippen LogP contribution in [0.1, 0.15) is 69.2 Å². The highest BCUT2D eigenvalue weighted by Crippen LogP contribution is 2.26. The van der Waals surface area contributed by atoms with Crippen LogP contribution in [-0.4, -0.2) is 41.9 Å². The third kappa shape index (κ3) is 7.51. The van der Waals surface area contributed by atoms with Crippen molar-refractivity contribution in [1.29, 1.82) is 0 Å². The van der Waals surface area contributed by atoms with Gasteiger partial charge < -0.3 is 14.8 Å². The number of fused-ring (bicyclic) bond motifs is 1. The number of nitrogens with one attached hydrogen (secondary N) is 1. The Bertz CT molecular complexity index is 1360. The smallest absolute Gasteiger partial charge is 0.408 e. The summed E-state index contributed by atoms with van der Waals surface area (Å²) < 4.78 is 10.6. The number of ether oxygens (including phenoxy) is 2. The average molecular weight is 518 g/mol. The van der Waals surface area contributed by atoms with Gasteiger partial charge in [-0.2, -0.15) is 0 Å². The van der Waals surface area contributed by atoms with E-state index in [0.29, 0.717) is 11.1 Å². The maximum atomic E-state index is 12.8. The van der Waals surface area contributed by atoms with E-state index in [-0.39, 0.29) is 11.6 Å². The van der Waals surface area contributed by atoms with Crippen molar-refractivity contribution in [3.05, 3.63) is 71.8 Å². The van der Waals surface area contributed by atoms with Gasteiger partial charge in [-0.05, 0) is 67.1 Å². The monoisotopic (exact) mass is 517 g/mol. The van der Waals surface area contributed by atoms with Crippen molar-refractivity contribution in [2.24, 2.45) is 5.41 Å². The molecule has 3 aromatic rings. The van der Waals surface area contributed by atoms with Crippen molar-refractivity contribution in [2.75, 3.05) is 6.61 Å². The molecule has 0 heterocycles. The van der Waals surface area contributed by atoms with Crippen molar-refractivity contribution in [3.63, 3.8) is 0 Å². The number of alkyl carbamates (subject to hydrolysis) is 1. The number of benzene rings is 3. The molecule has 0 spiro atoms. The Labute approximate surface area is 223 Å². The van der Waals surface area contributed by atoms with Gasteiger partial charge in [0.1, 0.15) is 11.6 Å². The van der Waals surface area contributed by atoms with E-state index in [2.05, 4.69) is 5.32 Å². The third-order valence-electron chi connectivity index (χ3n) is 5.90. The molecule has 1 amide bonds. The highest BCUT2D eigenvalue weighted by molar-refractivity contribution is 6.02. The summed E-state index contributed by atoms with van der Waals surface area (Å²) in [6.07, 6.45) is -0.732. The minimum atomic E-state index is -0.996. The van der Waals surface area contributed by atoms with Gasteiger partial charge in [0, 0.05) is 11.1 Å². The Morgan fingerprint density at radius 1 is 0.763 bits per heavy atom. The second kappa shape index (κ2) is 11.2. The van der Waals surface area contributed by atoms with Crippen molar-refractivity contribution in [2.45, 2.75) is 60.1 Å². The molecule has 0 unspecified atom stereocenters. The molecule has 0 aliphatic carbocycles. The number of esters is 1. The second-order valence-electron chi connectivity index (χ2n) is 11.4. The Hall–Kier alpha value is -4.00. The fraction of sp³-hybridized carbons (Fsp3) is 0.355. The molecule has 1 atom stereocenters. The molecule has 0 fully saturated rings. The zero-order valence-corrected chi connectivity index (χ0v) is 23.0. The number of ketones is 2. The maximum absolute atomic E-state index is 12.8. The molecule has 0 aromatic heterocycles. The van der Waals surface area contributed by atoms with Crippen molar-refractivity contribution in [3.8, 4) is 11.1 Å².